The van der Waals surface area contributed by atoms with Crippen molar-refractivity contribution >= 4 is 23.3 Å². The number of nitro groups is 1. The summed E-state index contributed by atoms with van der Waals surface area (Å²) in [7, 11) is 1.24. The van der Waals surface area contributed by atoms with Crippen LogP contribution in [0.1, 0.15) is 20.3 Å². The largest absolute Gasteiger partial charge is 0.467 e. The van der Waals surface area contributed by atoms with E-state index in [2.05, 4.69) is 25.3 Å². The van der Waals surface area contributed by atoms with Gasteiger partial charge in [0.15, 0.2) is 0 Å². The third-order valence-electron chi connectivity index (χ3n) is 2.46. The van der Waals surface area contributed by atoms with Crippen molar-refractivity contribution in [3.05, 3.63) is 16.4 Å². The number of carbonyl (C=O) groups excluding carboxylic acids is 1. The minimum absolute atomic E-state index is 0.0264. The number of rotatable bonds is 7. The molecule has 0 aliphatic heterocycles. The van der Waals surface area contributed by atoms with Gasteiger partial charge in [-0.05, 0) is 13.3 Å². The molecule has 1 aromatic heterocycles. The predicted octanol–water partition coefficient (Wildman–Crippen LogP) is 1.18. The van der Waals surface area contributed by atoms with Gasteiger partial charge in [0, 0.05) is 6.54 Å². The number of methoxy groups -OCH3 is 1. The second-order valence-electron chi connectivity index (χ2n) is 3.99. The van der Waals surface area contributed by atoms with Gasteiger partial charge in [-0.15, -0.1) is 0 Å². The first kappa shape index (κ1) is 15.6. The lowest BCUT2D eigenvalue weighted by Crippen LogP contribution is -2.28. The quantitative estimate of drug-likeness (QED) is 0.435. The number of hydrogen-bond acceptors (Lipinski definition) is 8. The molecule has 0 saturated heterocycles. The molecular weight excluding hydrogens is 266 g/mol. The third kappa shape index (κ3) is 3.77. The molecule has 0 radical (unpaired) electrons. The average Bonchev–Trinajstić information content (AvgIpc) is 2.43. The number of ether oxygens (including phenoxy) is 1. The molecule has 20 heavy (non-hydrogen) atoms. The SMILES string of the molecule is CCCNc1ncnc(NC(C)C(=O)OC)c1[N+](=O)[O-]. The minimum Gasteiger partial charge on any atom is -0.467 e. The summed E-state index contributed by atoms with van der Waals surface area (Å²) in [6.45, 7) is 4.00. The molecule has 9 heteroatoms. The highest BCUT2D eigenvalue weighted by Gasteiger charge is 2.25. The van der Waals surface area contributed by atoms with Crippen LogP contribution in [0, 0.1) is 10.1 Å². The summed E-state index contributed by atoms with van der Waals surface area (Å²) < 4.78 is 4.55. The van der Waals surface area contributed by atoms with Crippen LogP contribution in [0.25, 0.3) is 0 Å². The van der Waals surface area contributed by atoms with E-state index in [4.69, 9.17) is 0 Å². The van der Waals surface area contributed by atoms with E-state index < -0.39 is 16.9 Å². The van der Waals surface area contributed by atoms with Gasteiger partial charge in [0.25, 0.3) is 0 Å². The summed E-state index contributed by atoms with van der Waals surface area (Å²) in [5, 5.41) is 16.7. The molecule has 0 saturated carbocycles. The maximum atomic E-state index is 11.3. The Labute approximate surface area is 115 Å². The zero-order valence-corrected chi connectivity index (χ0v) is 11.5. The molecular formula is C11H17N5O4. The molecule has 0 amide bonds. The number of esters is 1. The maximum absolute atomic E-state index is 11.3. The van der Waals surface area contributed by atoms with Gasteiger partial charge in [-0.1, -0.05) is 6.92 Å². The molecule has 0 fully saturated rings. The van der Waals surface area contributed by atoms with E-state index in [1.54, 1.807) is 0 Å². The van der Waals surface area contributed by atoms with Crippen molar-refractivity contribution in [2.45, 2.75) is 26.3 Å². The Kier molecular flexibility index (Phi) is 5.63. The summed E-state index contributed by atoms with van der Waals surface area (Å²) in [4.78, 5) is 29.6. The molecule has 9 nitrogen and oxygen atoms in total. The van der Waals surface area contributed by atoms with Crippen LogP contribution in [-0.2, 0) is 9.53 Å². The van der Waals surface area contributed by atoms with Crippen LogP contribution in [0.4, 0.5) is 17.3 Å². The van der Waals surface area contributed by atoms with Crippen LogP contribution in [-0.4, -0.2) is 40.6 Å². The van der Waals surface area contributed by atoms with Crippen LogP contribution in [0.3, 0.4) is 0 Å². The molecule has 1 unspecified atom stereocenters. The van der Waals surface area contributed by atoms with Crippen LogP contribution >= 0.6 is 0 Å². The van der Waals surface area contributed by atoms with Crippen LogP contribution in [0.5, 0.6) is 0 Å². The van der Waals surface area contributed by atoms with E-state index in [1.165, 1.54) is 20.4 Å². The van der Waals surface area contributed by atoms with Crippen molar-refractivity contribution in [3.8, 4) is 0 Å². The lowest BCUT2D eigenvalue weighted by Gasteiger charge is -2.13. The van der Waals surface area contributed by atoms with Crippen molar-refractivity contribution in [2.75, 3.05) is 24.3 Å². The van der Waals surface area contributed by atoms with Crippen molar-refractivity contribution in [1.82, 2.24) is 9.97 Å². The van der Waals surface area contributed by atoms with E-state index in [0.29, 0.717) is 6.54 Å². The van der Waals surface area contributed by atoms with Crippen molar-refractivity contribution < 1.29 is 14.5 Å². The van der Waals surface area contributed by atoms with Gasteiger partial charge in [0.1, 0.15) is 12.4 Å². The monoisotopic (exact) mass is 283 g/mol. The number of hydrogen-bond donors (Lipinski definition) is 2. The molecule has 0 aliphatic carbocycles. The smallest absolute Gasteiger partial charge is 0.353 e. The van der Waals surface area contributed by atoms with Crippen molar-refractivity contribution in [2.24, 2.45) is 0 Å². The molecule has 110 valence electrons. The standard InChI is InChI=1S/C11H17N5O4/c1-4-5-12-9-8(16(18)19)10(14-6-13-9)15-7(2)11(17)20-3/h6-7H,4-5H2,1-3H3,(H2,12,13,14,15). The summed E-state index contributed by atoms with van der Waals surface area (Å²) in [5.41, 5.74) is -0.295. The summed E-state index contributed by atoms with van der Waals surface area (Å²) in [6, 6.07) is -0.757. The molecule has 1 atom stereocenters. The topological polar surface area (TPSA) is 119 Å². The van der Waals surface area contributed by atoms with Gasteiger partial charge in [0.05, 0.1) is 12.0 Å². The van der Waals surface area contributed by atoms with Crippen LogP contribution in [0.2, 0.25) is 0 Å². The Morgan fingerprint density at radius 1 is 1.50 bits per heavy atom. The first-order chi connectivity index (χ1) is 9.51. The highest BCUT2D eigenvalue weighted by atomic mass is 16.6. The van der Waals surface area contributed by atoms with Gasteiger partial charge in [-0.3, -0.25) is 10.1 Å². The molecule has 0 aromatic carbocycles. The Morgan fingerprint density at radius 2 is 2.15 bits per heavy atom. The molecule has 0 bridgehead atoms. The fourth-order valence-corrected chi connectivity index (χ4v) is 1.47. The highest BCUT2D eigenvalue weighted by molar-refractivity contribution is 5.80. The van der Waals surface area contributed by atoms with E-state index >= 15 is 0 Å². The fourth-order valence-electron chi connectivity index (χ4n) is 1.47. The molecule has 1 heterocycles. The Hall–Kier alpha value is -2.45. The van der Waals surface area contributed by atoms with E-state index in [0.717, 1.165) is 6.42 Å². The average molecular weight is 283 g/mol. The second kappa shape index (κ2) is 7.22. The van der Waals surface area contributed by atoms with Crippen molar-refractivity contribution in [3.63, 3.8) is 0 Å². The zero-order valence-electron chi connectivity index (χ0n) is 11.5. The lowest BCUT2D eigenvalue weighted by atomic mass is 10.3. The molecule has 2 N–H and O–H groups in total. The summed E-state index contributed by atoms with van der Waals surface area (Å²) in [6.07, 6.45) is 1.99. The third-order valence-corrected chi connectivity index (χ3v) is 2.46. The fraction of sp³-hybridized carbons (Fsp3) is 0.545. The number of aromatic nitrogens is 2. The van der Waals surface area contributed by atoms with E-state index in [9.17, 15) is 14.9 Å². The Balaban J connectivity index is 3.06. The Bertz CT molecular complexity index is 494. The molecule has 1 rings (SSSR count). The van der Waals surface area contributed by atoms with E-state index in [-0.39, 0.29) is 17.3 Å². The number of carbonyl (C=O) groups is 1. The molecule has 0 spiro atoms. The zero-order chi connectivity index (χ0) is 15.1. The van der Waals surface area contributed by atoms with Gasteiger partial charge in [-0.2, -0.15) is 0 Å². The first-order valence-corrected chi connectivity index (χ1v) is 6.08. The Morgan fingerprint density at radius 3 is 2.70 bits per heavy atom. The number of nitrogens with one attached hydrogen (secondary N) is 2. The van der Waals surface area contributed by atoms with Gasteiger partial charge in [0.2, 0.25) is 11.6 Å². The van der Waals surface area contributed by atoms with Gasteiger partial charge >= 0.3 is 11.7 Å². The molecule has 0 aliphatic rings. The predicted molar refractivity (Wildman–Crippen MR) is 72.6 cm³/mol. The first-order valence-electron chi connectivity index (χ1n) is 6.08. The van der Waals surface area contributed by atoms with Gasteiger partial charge in [-0.25, -0.2) is 14.8 Å². The lowest BCUT2D eigenvalue weighted by molar-refractivity contribution is -0.383. The summed E-state index contributed by atoms with van der Waals surface area (Å²) in [5.74, 6) is -0.450. The maximum Gasteiger partial charge on any atom is 0.353 e. The van der Waals surface area contributed by atoms with Crippen LogP contribution < -0.4 is 10.6 Å². The van der Waals surface area contributed by atoms with Gasteiger partial charge < -0.3 is 15.4 Å². The minimum atomic E-state index is -0.757. The molecule has 1 aromatic rings. The van der Waals surface area contributed by atoms with Crippen LogP contribution in [0.15, 0.2) is 6.33 Å². The highest BCUT2D eigenvalue weighted by Crippen LogP contribution is 2.29. The van der Waals surface area contributed by atoms with Crippen molar-refractivity contribution in [1.29, 1.82) is 0 Å². The summed E-state index contributed by atoms with van der Waals surface area (Å²) >= 11 is 0. The van der Waals surface area contributed by atoms with E-state index in [1.807, 2.05) is 6.92 Å². The number of nitrogens with zero attached hydrogens (tertiary/aromatic N) is 3. The number of anilines is 2. The second-order valence-corrected chi connectivity index (χ2v) is 3.99. The normalized spacial score (nSPS) is 11.6.